The lowest BCUT2D eigenvalue weighted by Gasteiger charge is -2.31. The number of nitrogens with one attached hydrogen (secondary N) is 1. The van der Waals surface area contributed by atoms with Gasteiger partial charge in [0.2, 0.25) is 0 Å². The zero-order valence-corrected chi connectivity index (χ0v) is 11.3. The molecule has 17 heavy (non-hydrogen) atoms. The number of rotatable bonds is 4. The predicted octanol–water partition coefficient (Wildman–Crippen LogP) is 1.11. The SMILES string of the molecule is CNC1CCCCC1S(=O)(=O)CC1CCCO1. The van der Waals surface area contributed by atoms with Gasteiger partial charge in [-0.25, -0.2) is 8.42 Å². The summed E-state index contributed by atoms with van der Waals surface area (Å²) in [5.41, 5.74) is 0. The van der Waals surface area contributed by atoms with Crippen molar-refractivity contribution in [3.63, 3.8) is 0 Å². The second-order valence-electron chi connectivity index (χ2n) is 5.18. The highest BCUT2D eigenvalue weighted by Gasteiger charge is 2.36. The normalized spacial score (nSPS) is 35.0. The molecule has 1 N–H and O–H groups in total. The van der Waals surface area contributed by atoms with E-state index in [1.807, 2.05) is 7.05 Å². The minimum atomic E-state index is -3.02. The fourth-order valence-electron chi connectivity index (χ4n) is 3.02. The Labute approximate surface area is 104 Å². The number of hydrogen-bond acceptors (Lipinski definition) is 4. The van der Waals surface area contributed by atoms with Gasteiger partial charge in [-0.1, -0.05) is 12.8 Å². The molecule has 3 atom stereocenters. The van der Waals surface area contributed by atoms with E-state index < -0.39 is 9.84 Å². The molecule has 3 unspecified atom stereocenters. The van der Waals surface area contributed by atoms with E-state index in [1.54, 1.807) is 0 Å². The Morgan fingerprint density at radius 1 is 1.18 bits per heavy atom. The molecule has 1 heterocycles. The van der Waals surface area contributed by atoms with Crippen LogP contribution in [0.25, 0.3) is 0 Å². The maximum atomic E-state index is 12.4. The van der Waals surface area contributed by atoms with Crippen LogP contribution in [0.2, 0.25) is 0 Å². The first kappa shape index (κ1) is 13.3. The molecule has 0 amide bonds. The Balaban J connectivity index is 2.01. The Hall–Kier alpha value is -0.130. The van der Waals surface area contributed by atoms with Crippen LogP contribution in [0.3, 0.4) is 0 Å². The van der Waals surface area contributed by atoms with Crippen LogP contribution in [-0.4, -0.2) is 45.2 Å². The van der Waals surface area contributed by atoms with Gasteiger partial charge >= 0.3 is 0 Å². The van der Waals surface area contributed by atoms with Gasteiger partial charge in [0.1, 0.15) is 0 Å². The summed E-state index contributed by atoms with van der Waals surface area (Å²) in [5.74, 6) is 0.218. The van der Waals surface area contributed by atoms with Crippen molar-refractivity contribution in [3.05, 3.63) is 0 Å². The zero-order chi connectivity index (χ0) is 12.3. The molecule has 0 aromatic carbocycles. The molecule has 2 rings (SSSR count). The van der Waals surface area contributed by atoms with Gasteiger partial charge in [-0.15, -0.1) is 0 Å². The molecule has 1 saturated heterocycles. The van der Waals surface area contributed by atoms with Gasteiger partial charge in [-0.2, -0.15) is 0 Å². The summed E-state index contributed by atoms with van der Waals surface area (Å²) >= 11 is 0. The summed E-state index contributed by atoms with van der Waals surface area (Å²) in [6.45, 7) is 0.723. The van der Waals surface area contributed by atoms with Crippen LogP contribution in [0.1, 0.15) is 38.5 Å². The summed E-state index contributed by atoms with van der Waals surface area (Å²) in [7, 11) is -1.15. The van der Waals surface area contributed by atoms with E-state index in [4.69, 9.17) is 4.74 Å². The molecule has 0 aromatic rings. The van der Waals surface area contributed by atoms with Gasteiger partial charge in [-0.05, 0) is 32.7 Å². The average Bonchev–Trinajstić information content (AvgIpc) is 2.81. The first-order valence-corrected chi connectivity index (χ1v) is 8.35. The van der Waals surface area contributed by atoms with Crippen molar-refractivity contribution >= 4 is 9.84 Å². The highest BCUT2D eigenvalue weighted by Crippen LogP contribution is 2.26. The maximum absolute atomic E-state index is 12.4. The van der Waals surface area contributed by atoms with E-state index in [2.05, 4.69) is 5.32 Å². The van der Waals surface area contributed by atoms with Crippen molar-refractivity contribution in [1.82, 2.24) is 5.32 Å². The first-order valence-electron chi connectivity index (χ1n) is 6.64. The molecule has 2 aliphatic rings. The third kappa shape index (κ3) is 3.20. The van der Waals surface area contributed by atoms with Crippen molar-refractivity contribution in [2.45, 2.75) is 55.9 Å². The Bertz CT molecular complexity index is 336. The lowest BCUT2D eigenvalue weighted by atomic mass is 9.95. The number of ether oxygens (including phenoxy) is 1. The van der Waals surface area contributed by atoms with Crippen LogP contribution in [0.5, 0.6) is 0 Å². The van der Waals surface area contributed by atoms with Gasteiger partial charge in [-0.3, -0.25) is 0 Å². The average molecular weight is 261 g/mol. The molecule has 0 bridgehead atoms. The standard InChI is InChI=1S/C12H23NO3S/c1-13-11-6-2-3-7-12(11)17(14,15)9-10-5-4-8-16-10/h10-13H,2-9H2,1H3. The summed E-state index contributed by atoms with van der Waals surface area (Å²) < 4.78 is 30.2. The number of sulfone groups is 1. The van der Waals surface area contributed by atoms with Crippen LogP contribution in [0.15, 0.2) is 0 Å². The number of hydrogen-bond donors (Lipinski definition) is 1. The Morgan fingerprint density at radius 3 is 2.59 bits per heavy atom. The Kier molecular flexibility index (Phi) is 4.44. The van der Waals surface area contributed by atoms with E-state index in [-0.39, 0.29) is 23.1 Å². The van der Waals surface area contributed by atoms with Gasteiger partial charge < -0.3 is 10.1 Å². The molecule has 2 fully saturated rings. The summed E-state index contributed by atoms with van der Waals surface area (Å²) in [5, 5.41) is 2.96. The van der Waals surface area contributed by atoms with Gasteiger partial charge in [0.15, 0.2) is 9.84 Å². The van der Waals surface area contributed by atoms with Crippen molar-refractivity contribution in [1.29, 1.82) is 0 Å². The van der Waals surface area contributed by atoms with E-state index in [9.17, 15) is 8.42 Å². The zero-order valence-electron chi connectivity index (χ0n) is 10.5. The quantitative estimate of drug-likeness (QED) is 0.823. The van der Waals surface area contributed by atoms with Crippen molar-refractivity contribution in [2.75, 3.05) is 19.4 Å². The second kappa shape index (κ2) is 5.67. The summed E-state index contributed by atoms with van der Waals surface area (Å²) in [4.78, 5) is 0. The fourth-order valence-corrected chi connectivity index (χ4v) is 5.34. The molecule has 1 saturated carbocycles. The lowest BCUT2D eigenvalue weighted by Crippen LogP contribution is -2.46. The van der Waals surface area contributed by atoms with Crippen molar-refractivity contribution in [3.8, 4) is 0 Å². The molecule has 0 aromatic heterocycles. The molecule has 0 radical (unpaired) electrons. The molecule has 4 nitrogen and oxygen atoms in total. The summed E-state index contributed by atoms with van der Waals surface area (Å²) in [6.07, 6.45) is 5.80. The van der Waals surface area contributed by atoms with E-state index in [0.29, 0.717) is 0 Å². The second-order valence-corrected chi connectivity index (χ2v) is 7.45. The Morgan fingerprint density at radius 2 is 1.94 bits per heavy atom. The van der Waals surface area contributed by atoms with Gasteiger partial charge in [0.05, 0.1) is 17.1 Å². The smallest absolute Gasteiger partial charge is 0.157 e. The molecule has 1 aliphatic heterocycles. The van der Waals surface area contributed by atoms with Crippen LogP contribution in [-0.2, 0) is 14.6 Å². The van der Waals surface area contributed by atoms with Crippen LogP contribution in [0, 0.1) is 0 Å². The van der Waals surface area contributed by atoms with E-state index in [0.717, 1.165) is 45.1 Å². The molecule has 5 heteroatoms. The third-order valence-corrected chi connectivity index (χ3v) is 6.30. The minimum Gasteiger partial charge on any atom is -0.377 e. The molecular weight excluding hydrogens is 238 g/mol. The van der Waals surface area contributed by atoms with Crippen LogP contribution >= 0.6 is 0 Å². The maximum Gasteiger partial charge on any atom is 0.157 e. The van der Waals surface area contributed by atoms with E-state index >= 15 is 0 Å². The summed E-state index contributed by atoms with van der Waals surface area (Å²) in [6, 6.07) is 0.134. The molecular formula is C12H23NO3S. The monoisotopic (exact) mass is 261 g/mol. The van der Waals surface area contributed by atoms with E-state index in [1.165, 1.54) is 0 Å². The minimum absolute atomic E-state index is 0.0561. The predicted molar refractivity (Wildman–Crippen MR) is 67.9 cm³/mol. The highest BCUT2D eigenvalue weighted by atomic mass is 32.2. The van der Waals surface area contributed by atoms with Crippen molar-refractivity contribution < 1.29 is 13.2 Å². The highest BCUT2D eigenvalue weighted by molar-refractivity contribution is 7.92. The lowest BCUT2D eigenvalue weighted by molar-refractivity contribution is 0.127. The topological polar surface area (TPSA) is 55.4 Å². The largest absolute Gasteiger partial charge is 0.377 e. The fraction of sp³-hybridized carbons (Fsp3) is 1.00. The molecule has 0 spiro atoms. The first-order chi connectivity index (χ1) is 8.13. The van der Waals surface area contributed by atoms with Gasteiger partial charge in [0.25, 0.3) is 0 Å². The van der Waals surface area contributed by atoms with Crippen LogP contribution in [0.4, 0.5) is 0 Å². The van der Waals surface area contributed by atoms with Crippen LogP contribution < -0.4 is 5.32 Å². The molecule has 100 valence electrons. The van der Waals surface area contributed by atoms with Gasteiger partial charge in [0, 0.05) is 12.6 Å². The van der Waals surface area contributed by atoms with Crippen molar-refractivity contribution in [2.24, 2.45) is 0 Å². The molecule has 1 aliphatic carbocycles. The third-order valence-electron chi connectivity index (χ3n) is 3.98.